The van der Waals surface area contributed by atoms with E-state index >= 15 is 0 Å². The molecule has 0 amide bonds. The van der Waals surface area contributed by atoms with Gasteiger partial charge < -0.3 is 0 Å². The van der Waals surface area contributed by atoms with Crippen molar-refractivity contribution < 1.29 is 13.2 Å². The van der Waals surface area contributed by atoms with Crippen molar-refractivity contribution in [3.05, 3.63) is 0 Å². The van der Waals surface area contributed by atoms with Gasteiger partial charge in [-0.15, -0.1) is 0 Å². The zero-order valence-electron chi connectivity index (χ0n) is 11.0. The maximum atomic E-state index is 12.9. The number of alkyl halides is 3. The minimum absolute atomic E-state index is 0.229. The minimum Gasteiger partial charge on any atom is -0.170 e. The van der Waals surface area contributed by atoms with Crippen LogP contribution in [-0.4, -0.2) is 16.7 Å². The second-order valence-electron chi connectivity index (χ2n) is 4.68. The van der Waals surface area contributed by atoms with E-state index in [4.69, 9.17) is 0 Å². The molecule has 0 heterocycles. The number of rotatable bonds is 8. The van der Waals surface area contributed by atoms with E-state index in [0.717, 1.165) is 30.1 Å². The zero-order chi connectivity index (χ0) is 13.5. The van der Waals surface area contributed by atoms with Crippen LogP contribution in [0.5, 0.6) is 0 Å². The van der Waals surface area contributed by atoms with Crippen molar-refractivity contribution >= 4 is 21.6 Å². The van der Waals surface area contributed by atoms with Crippen LogP contribution in [0.1, 0.15) is 53.4 Å². The SMILES string of the molecule is CCCCCC(C)[C@H](SSC(C)C)C(F)(F)F. The maximum Gasteiger partial charge on any atom is 0.401 e. The van der Waals surface area contributed by atoms with Crippen molar-refractivity contribution in [2.75, 3.05) is 0 Å². The summed E-state index contributed by atoms with van der Waals surface area (Å²) in [7, 11) is 2.32. The van der Waals surface area contributed by atoms with Crippen molar-refractivity contribution in [1.82, 2.24) is 0 Å². The molecule has 0 aliphatic carbocycles. The topological polar surface area (TPSA) is 0 Å². The second-order valence-corrected chi connectivity index (χ2v) is 7.67. The first kappa shape index (κ1) is 17.5. The van der Waals surface area contributed by atoms with E-state index in [0.29, 0.717) is 6.42 Å². The number of hydrogen-bond acceptors (Lipinski definition) is 2. The fraction of sp³-hybridized carbons (Fsp3) is 1.00. The van der Waals surface area contributed by atoms with Gasteiger partial charge in [0.1, 0.15) is 5.25 Å². The van der Waals surface area contributed by atoms with Crippen LogP contribution in [0.25, 0.3) is 0 Å². The van der Waals surface area contributed by atoms with Crippen LogP contribution in [0.15, 0.2) is 0 Å². The molecule has 2 atom stereocenters. The molecule has 0 saturated carbocycles. The van der Waals surface area contributed by atoms with Gasteiger partial charge in [0.25, 0.3) is 0 Å². The number of hydrogen-bond donors (Lipinski definition) is 0. The van der Waals surface area contributed by atoms with E-state index < -0.39 is 11.4 Å². The van der Waals surface area contributed by atoms with Gasteiger partial charge in [0.15, 0.2) is 0 Å². The van der Waals surface area contributed by atoms with Crippen LogP contribution in [0, 0.1) is 5.92 Å². The van der Waals surface area contributed by atoms with Crippen LogP contribution in [0.4, 0.5) is 13.2 Å². The van der Waals surface area contributed by atoms with Gasteiger partial charge in [-0.25, -0.2) is 0 Å². The quantitative estimate of drug-likeness (QED) is 0.401. The standard InChI is InChI=1S/C12H23F3S2/c1-5-6-7-8-10(4)11(12(13,14)15)17-16-9(2)3/h9-11H,5-8H2,1-4H3/t10?,11-/m0/s1. The average Bonchev–Trinajstić information content (AvgIpc) is 2.15. The smallest absolute Gasteiger partial charge is 0.170 e. The molecular weight excluding hydrogens is 265 g/mol. The summed E-state index contributed by atoms with van der Waals surface area (Å²) in [6.45, 7) is 7.64. The Kier molecular flexibility index (Phi) is 8.81. The van der Waals surface area contributed by atoms with Gasteiger partial charge in [-0.1, -0.05) is 68.5 Å². The molecule has 0 aromatic heterocycles. The third-order valence-corrected chi connectivity index (χ3v) is 6.00. The fourth-order valence-electron chi connectivity index (χ4n) is 1.51. The Morgan fingerprint density at radius 3 is 2.00 bits per heavy atom. The predicted octanol–water partition coefficient (Wildman–Crippen LogP) is 5.92. The summed E-state index contributed by atoms with van der Waals surface area (Å²) in [5, 5.41) is -1.00. The zero-order valence-corrected chi connectivity index (χ0v) is 12.6. The van der Waals surface area contributed by atoms with Gasteiger partial charge in [0.05, 0.1) is 0 Å². The largest absolute Gasteiger partial charge is 0.401 e. The molecule has 0 radical (unpaired) electrons. The molecule has 0 aromatic rings. The van der Waals surface area contributed by atoms with Gasteiger partial charge in [-0.3, -0.25) is 0 Å². The van der Waals surface area contributed by atoms with Gasteiger partial charge in [0, 0.05) is 5.25 Å². The number of halogens is 3. The van der Waals surface area contributed by atoms with Crippen molar-refractivity contribution in [2.45, 2.75) is 70.1 Å². The molecule has 17 heavy (non-hydrogen) atoms. The average molecular weight is 288 g/mol. The van der Waals surface area contributed by atoms with Crippen LogP contribution in [0.3, 0.4) is 0 Å². The molecule has 0 saturated heterocycles. The molecule has 0 spiro atoms. The van der Waals surface area contributed by atoms with Crippen LogP contribution < -0.4 is 0 Å². The molecule has 1 unspecified atom stereocenters. The molecule has 0 rings (SSSR count). The van der Waals surface area contributed by atoms with Gasteiger partial charge in [-0.2, -0.15) is 13.2 Å². The molecule has 0 aliphatic rings. The van der Waals surface area contributed by atoms with E-state index in [1.54, 1.807) is 6.92 Å². The lowest BCUT2D eigenvalue weighted by molar-refractivity contribution is -0.137. The highest BCUT2D eigenvalue weighted by Crippen LogP contribution is 2.44. The summed E-state index contributed by atoms with van der Waals surface area (Å²) in [5.74, 6) is -0.294. The van der Waals surface area contributed by atoms with E-state index in [1.807, 2.05) is 13.8 Å². The summed E-state index contributed by atoms with van der Waals surface area (Å²) in [5.41, 5.74) is 0. The first-order chi connectivity index (χ1) is 7.79. The molecule has 104 valence electrons. The van der Waals surface area contributed by atoms with Crippen molar-refractivity contribution in [3.8, 4) is 0 Å². The fourth-order valence-corrected chi connectivity index (χ4v) is 4.21. The molecule has 5 heteroatoms. The van der Waals surface area contributed by atoms with Crippen molar-refractivity contribution in [2.24, 2.45) is 5.92 Å². The molecular formula is C12H23F3S2. The summed E-state index contributed by atoms with van der Waals surface area (Å²) < 4.78 is 38.7. The lowest BCUT2D eigenvalue weighted by Gasteiger charge is -2.26. The highest BCUT2D eigenvalue weighted by molar-refractivity contribution is 8.77. The molecule has 0 N–H and O–H groups in total. The minimum atomic E-state index is -4.09. The third-order valence-electron chi connectivity index (χ3n) is 2.45. The Hall–Kier alpha value is 0.490. The Bertz CT molecular complexity index is 193. The first-order valence-electron chi connectivity index (χ1n) is 6.17. The Balaban J connectivity index is 4.26. The summed E-state index contributed by atoms with van der Waals surface area (Å²) in [4.78, 5) is 0. The van der Waals surface area contributed by atoms with Gasteiger partial charge in [0.2, 0.25) is 0 Å². The lowest BCUT2D eigenvalue weighted by atomic mass is 9.99. The molecule has 0 bridgehead atoms. The summed E-state index contributed by atoms with van der Waals surface area (Å²) in [6, 6.07) is 0. The first-order valence-corrected chi connectivity index (χ1v) is 8.45. The highest BCUT2D eigenvalue weighted by atomic mass is 33.1. The molecule has 0 fully saturated rings. The van der Waals surface area contributed by atoms with Gasteiger partial charge >= 0.3 is 6.18 Å². The number of unbranched alkanes of at least 4 members (excludes halogenated alkanes) is 2. The van der Waals surface area contributed by atoms with Crippen LogP contribution in [0.2, 0.25) is 0 Å². The summed E-state index contributed by atoms with van der Waals surface area (Å²) >= 11 is 0. The monoisotopic (exact) mass is 288 g/mol. The van der Waals surface area contributed by atoms with Crippen molar-refractivity contribution in [1.29, 1.82) is 0 Å². The molecule has 0 nitrogen and oxygen atoms in total. The van der Waals surface area contributed by atoms with Crippen LogP contribution >= 0.6 is 21.6 Å². The van der Waals surface area contributed by atoms with Gasteiger partial charge in [-0.05, 0) is 12.3 Å². The normalized spacial score (nSPS) is 16.2. The van der Waals surface area contributed by atoms with Crippen molar-refractivity contribution in [3.63, 3.8) is 0 Å². The van der Waals surface area contributed by atoms with Crippen LogP contribution in [-0.2, 0) is 0 Å². The summed E-state index contributed by atoms with van der Waals surface area (Å²) in [6.07, 6.45) is -0.437. The highest BCUT2D eigenvalue weighted by Gasteiger charge is 2.43. The third kappa shape index (κ3) is 8.25. The lowest BCUT2D eigenvalue weighted by Crippen LogP contribution is -2.31. The Morgan fingerprint density at radius 2 is 1.59 bits per heavy atom. The predicted molar refractivity (Wildman–Crippen MR) is 73.5 cm³/mol. The van der Waals surface area contributed by atoms with E-state index in [2.05, 4.69) is 6.92 Å². The maximum absolute atomic E-state index is 12.9. The molecule has 0 aliphatic heterocycles. The molecule has 0 aromatic carbocycles. The second kappa shape index (κ2) is 8.57. The Labute approximate surface area is 111 Å². The van der Waals surface area contributed by atoms with E-state index in [-0.39, 0.29) is 11.2 Å². The van der Waals surface area contributed by atoms with E-state index in [9.17, 15) is 13.2 Å². The van der Waals surface area contributed by atoms with E-state index in [1.165, 1.54) is 10.8 Å². The Morgan fingerprint density at radius 1 is 1.00 bits per heavy atom.